The molecule has 3 rings (SSSR count). The predicted molar refractivity (Wildman–Crippen MR) is 95.9 cm³/mol. The molecule has 1 aromatic heterocycles. The van der Waals surface area contributed by atoms with Crippen LogP contribution in [0.3, 0.4) is 0 Å². The van der Waals surface area contributed by atoms with E-state index in [1.165, 1.54) is 12.1 Å². The lowest BCUT2D eigenvalue weighted by atomic mass is 10.2. The highest BCUT2D eigenvalue weighted by Gasteiger charge is 2.06. The second-order valence-corrected chi connectivity index (χ2v) is 5.76. The highest BCUT2D eigenvalue weighted by Crippen LogP contribution is 2.26. The van der Waals surface area contributed by atoms with Crippen molar-refractivity contribution in [1.82, 2.24) is 9.97 Å². The first kappa shape index (κ1) is 16.2. The van der Waals surface area contributed by atoms with Gasteiger partial charge in [0.1, 0.15) is 23.3 Å². The normalized spacial score (nSPS) is 10.5. The van der Waals surface area contributed by atoms with Gasteiger partial charge >= 0.3 is 0 Å². The van der Waals surface area contributed by atoms with Crippen molar-refractivity contribution in [2.24, 2.45) is 0 Å². The Bertz CT molecular complexity index is 865. The van der Waals surface area contributed by atoms with Crippen molar-refractivity contribution in [3.63, 3.8) is 0 Å². The van der Waals surface area contributed by atoms with Gasteiger partial charge < -0.3 is 10.6 Å². The second kappa shape index (κ2) is 6.84. The molecule has 1 heterocycles. The average molecular weight is 343 g/mol. The molecule has 0 atom stereocenters. The van der Waals surface area contributed by atoms with Crippen molar-refractivity contribution in [2.75, 3.05) is 10.6 Å². The average Bonchev–Trinajstić information content (AvgIpc) is 2.54. The van der Waals surface area contributed by atoms with Crippen molar-refractivity contribution >= 4 is 34.6 Å². The standard InChI is InChI=1S/C18H16ClFN4/c1-11-15(19)4-3-5-16(11)24-18-10-17(21-12(2)22-18)23-14-8-6-13(20)7-9-14/h3-10H,1-2H3,(H2,21,22,23,24). The molecule has 3 aromatic rings. The number of benzene rings is 2. The topological polar surface area (TPSA) is 49.8 Å². The number of rotatable bonds is 4. The molecule has 0 amide bonds. The highest BCUT2D eigenvalue weighted by molar-refractivity contribution is 6.31. The minimum Gasteiger partial charge on any atom is -0.340 e. The SMILES string of the molecule is Cc1nc(Nc2ccc(F)cc2)cc(Nc2cccc(Cl)c2C)n1. The zero-order valence-corrected chi connectivity index (χ0v) is 14.0. The molecule has 0 aliphatic carbocycles. The van der Waals surface area contributed by atoms with Crippen LogP contribution in [-0.2, 0) is 0 Å². The molecule has 0 saturated heterocycles. The summed E-state index contributed by atoms with van der Waals surface area (Å²) in [5.41, 5.74) is 2.58. The van der Waals surface area contributed by atoms with Crippen molar-refractivity contribution in [2.45, 2.75) is 13.8 Å². The lowest BCUT2D eigenvalue weighted by Gasteiger charge is -2.12. The molecule has 122 valence electrons. The third-order valence-corrected chi connectivity index (χ3v) is 3.89. The van der Waals surface area contributed by atoms with Crippen LogP contribution in [-0.4, -0.2) is 9.97 Å². The van der Waals surface area contributed by atoms with Gasteiger partial charge in [-0.2, -0.15) is 0 Å². The molecular weight excluding hydrogens is 327 g/mol. The van der Waals surface area contributed by atoms with E-state index in [0.717, 1.165) is 16.9 Å². The van der Waals surface area contributed by atoms with Gasteiger partial charge in [0.15, 0.2) is 0 Å². The van der Waals surface area contributed by atoms with E-state index in [0.29, 0.717) is 22.5 Å². The van der Waals surface area contributed by atoms with E-state index >= 15 is 0 Å². The third kappa shape index (κ3) is 3.81. The monoisotopic (exact) mass is 342 g/mol. The predicted octanol–water partition coefficient (Wildman–Crippen LogP) is 5.37. The van der Waals surface area contributed by atoms with Crippen LogP contribution >= 0.6 is 11.6 Å². The highest BCUT2D eigenvalue weighted by atomic mass is 35.5. The Morgan fingerprint density at radius 1 is 0.917 bits per heavy atom. The summed E-state index contributed by atoms with van der Waals surface area (Å²) in [6.45, 7) is 3.75. The van der Waals surface area contributed by atoms with Crippen LogP contribution in [0.2, 0.25) is 5.02 Å². The smallest absolute Gasteiger partial charge is 0.136 e. The van der Waals surface area contributed by atoms with Crippen molar-refractivity contribution in [3.05, 3.63) is 70.8 Å². The molecule has 4 nitrogen and oxygen atoms in total. The molecule has 0 aliphatic heterocycles. The maximum absolute atomic E-state index is 13.0. The lowest BCUT2D eigenvalue weighted by molar-refractivity contribution is 0.628. The quantitative estimate of drug-likeness (QED) is 0.669. The van der Waals surface area contributed by atoms with Crippen LogP contribution in [0.4, 0.5) is 27.4 Å². The Morgan fingerprint density at radius 2 is 1.58 bits per heavy atom. The summed E-state index contributed by atoms with van der Waals surface area (Å²) in [4.78, 5) is 8.74. The molecule has 2 aromatic carbocycles. The number of hydrogen-bond acceptors (Lipinski definition) is 4. The fourth-order valence-electron chi connectivity index (χ4n) is 2.26. The fourth-order valence-corrected chi connectivity index (χ4v) is 2.43. The first-order chi connectivity index (χ1) is 11.5. The Labute approximate surface area is 144 Å². The molecular formula is C18H16ClFN4. The summed E-state index contributed by atoms with van der Waals surface area (Å²) in [6, 6.07) is 13.5. The fraction of sp³-hybridized carbons (Fsp3) is 0.111. The summed E-state index contributed by atoms with van der Waals surface area (Å²) in [6.07, 6.45) is 0. The summed E-state index contributed by atoms with van der Waals surface area (Å²) < 4.78 is 13.0. The molecule has 0 saturated carbocycles. The lowest BCUT2D eigenvalue weighted by Crippen LogP contribution is -2.02. The number of aromatic nitrogens is 2. The van der Waals surface area contributed by atoms with Gasteiger partial charge in [-0.3, -0.25) is 0 Å². The van der Waals surface area contributed by atoms with E-state index in [2.05, 4.69) is 20.6 Å². The van der Waals surface area contributed by atoms with Gasteiger partial charge in [-0.1, -0.05) is 17.7 Å². The zero-order valence-electron chi connectivity index (χ0n) is 13.3. The summed E-state index contributed by atoms with van der Waals surface area (Å²) in [5, 5.41) is 7.08. The first-order valence-corrected chi connectivity index (χ1v) is 7.79. The van der Waals surface area contributed by atoms with E-state index in [-0.39, 0.29) is 5.82 Å². The molecule has 6 heteroatoms. The van der Waals surface area contributed by atoms with E-state index in [1.54, 1.807) is 18.2 Å². The summed E-state index contributed by atoms with van der Waals surface area (Å²) >= 11 is 6.15. The minimum atomic E-state index is -0.279. The van der Waals surface area contributed by atoms with E-state index < -0.39 is 0 Å². The number of nitrogens with zero attached hydrogens (tertiary/aromatic N) is 2. The van der Waals surface area contributed by atoms with Crippen molar-refractivity contribution in [3.8, 4) is 0 Å². The molecule has 2 N–H and O–H groups in total. The Morgan fingerprint density at radius 3 is 2.29 bits per heavy atom. The summed E-state index contributed by atoms with van der Waals surface area (Å²) in [7, 11) is 0. The van der Waals surface area contributed by atoms with Crippen molar-refractivity contribution < 1.29 is 4.39 Å². The van der Waals surface area contributed by atoms with Crippen LogP contribution in [0.5, 0.6) is 0 Å². The van der Waals surface area contributed by atoms with Crippen molar-refractivity contribution in [1.29, 1.82) is 0 Å². The molecule has 0 radical (unpaired) electrons. The largest absolute Gasteiger partial charge is 0.340 e. The van der Waals surface area contributed by atoms with Crippen LogP contribution in [0, 0.1) is 19.7 Å². The van der Waals surface area contributed by atoms with E-state index in [1.807, 2.05) is 32.0 Å². The number of aryl methyl sites for hydroxylation is 1. The van der Waals surface area contributed by atoms with Crippen LogP contribution < -0.4 is 10.6 Å². The third-order valence-electron chi connectivity index (χ3n) is 3.49. The Hall–Kier alpha value is -2.66. The van der Waals surface area contributed by atoms with Crippen LogP contribution in [0.1, 0.15) is 11.4 Å². The molecule has 24 heavy (non-hydrogen) atoms. The van der Waals surface area contributed by atoms with E-state index in [4.69, 9.17) is 11.6 Å². The Kier molecular flexibility index (Phi) is 4.62. The number of anilines is 4. The Balaban J connectivity index is 1.86. The van der Waals surface area contributed by atoms with Gasteiger partial charge in [0, 0.05) is 22.5 Å². The number of nitrogens with one attached hydrogen (secondary N) is 2. The maximum atomic E-state index is 13.0. The molecule has 0 spiro atoms. The van der Waals surface area contributed by atoms with Gasteiger partial charge in [0.2, 0.25) is 0 Å². The van der Waals surface area contributed by atoms with Crippen LogP contribution in [0.15, 0.2) is 48.5 Å². The molecule has 0 aliphatic rings. The summed E-state index contributed by atoms with van der Waals surface area (Å²) in [5.74, 6) is 1.61. The first-order valence-electron chi connectivity index (χ1n) is 7.42. The maximum Gasteiger partial charge on any atom is 0.136 e. The number of hydrogen-bond donors (Lipinski definition) is 2. The minimum absolute atomic E-state index is 0.279. The van der Waals surface area contributed by atoms with Gasteiger partial charge in [-0.25, -0.2) is 14.4 Å². The second-order valence-electron chi connectivity index (χ2n) is 5.35. The number of halogens is 2. The van der Waals surface area contributed by atoms with E-state index in [9.17, 15) is 4.39 Å². The molecule has 0 fully saturated rings. The molecule has 0 unspecified atom stereocenters. The molecule has 0 bridgehead atoms. The van der Waals surface area contributed by atoms with Gasteiger partial charge in [0.05, 0.1) is 0 Å². The zero-order chi connectivity index (χ0) is 17.1. The van der Waals surface area contributed by atoms with Crippen LogP contribution in [0.25, 0.3) is 0 Å². The van der Waals surface area contributed by atoms with Gasteiger partial charge in [-0.05, 0) is 55.8 Å². The van der Waals surface area contributed by atoms with Gasteiger partial charge in [0.25, 0.3) is 0 Å². The van der Waals surface area contributed by atoms with Gasteiger partial charge in [-0.15, -0.1) is 0 Å².